The Morgan fingerprint density at radius 1 is 1.24 bits per heavy atom. The van der Waals surface area contributed by atoms with Gasteiger partial charge in [-0.05, 0) is 30.7 Å². The van der Waals surface area contributed by atoms with E-state index in [1.807, 2.05) is 29.6 Å². The van der Waals surface area contributed by atoms with E-state index in [4.69, 9.17) is 23.2 Å². The van der Waals surface area contributed by atoms with Crippen LogP contribution in [0.1, 0.15) is 23.4 Å². The second-order valence-corrected chi connectivity index (χ2v) is 5.76. The topological polar surface area (TPSA) is 12.0 Å². The van der Waals surface area contributed by atoms with Crippen molar-refractivity contribution < 1.29 is 0 Å². The molecule has 0 aliphatic rings. The Labute approximate surface area is 115 Å². The summed E-state index contributed by atoms with van der Waals surface area (Å²) in [6, 6.07) is 10.2. The summed E-state index contributed by atoms with van der Waals surface area (Å²) in [5, 5.41) is 6.98. The SMILES string of the molecule is C[C@H](NCc1cc(Cl)cs1)c1cccc(Cl)c1. The molecule has 1 aromatic carbocycles. The summed E-state index contributed by atoms with van der Waals surface area (Å²) < 4.78 is 0. The molecule has 2 rings (SSSR count). The summed E-state index contributed by atoms with van der Waals surface area (Å²) in [5.41, 5.74) is 1.19. The van der Waals surface area contributed by atoms with Crippen molar-refractivity contribution in [3.8, 4) is 0 Å². The van der Waals surface area contributed by atoms with E-state index in [1.165, 1.54) is 10.4 Å². The maximum Gasteiger partial charge on any atom is 0.0516 e. The zero-order valence-electron chi connectivity index (χ0n) is 9.41. The van der Waals surface area contributed by atoms with Crippen molar-refractivity contribution >= 4 is 34.5 Å². The molecule has 0 saturated carbocycles. The van der Waals surface area contributed by atoms with Gasteiger partial charge in [-0.15, -0.1) is 11.3 Å². The number of nitrogens with one attached hydrogen (secondary N) is 1. The summed E-state index contributed by atoms with van der Waals surface area (Å²) >= 11 is 13.5. The third-order valence-corrected chi connectivity index (χ3v) is 4.07. The number of thiophene rings is 1. The number of halogens is 2. The maximum atomic E-state index is 5.97. The minimum Gasteiger partial charge on any atom is -0.305 e. The van der Waals surface area contributed by atoms with Crippen molar-refractivity contribution in [3.05, 3.63) is 56.2 Å². The molecule has 0 bridgehead atoms. The summed E-state index contributed by atoms with van der Waals surface area (Å²) in [6.45, 7) is 2.95. The Morgan fingerprint density at radius 2 is 2.06 bits per heavy atom. The van der Waals surface area contributed by atoms with Crippen LogP contribution < -0.4 is 5.32 Å². The van der Waals surface area contributed by atoms with Gasteiger partial charge < -0.3 is 5.32 Å². The van der Waals surface area contributed by atoms with Gasteiger partial charge in [-0.3, -0.25) is 0 Å². The Morgan fingerprint density at radius 3 is 2.71 bits per heavy atom. The van der Waals surface area contributed by atoms with Crippen molar-refractivity contribution in [2.24, 2.45) is 0 Å². The molecule has 0 aliphatic heterocycles. The van der Waals surface area contributed by atoms with Gasteiger partial charge in [0, 0.05) is 27.9 Å². The van der Waals surface area contributed by atoms with Crippen molar-refractivity contribution in [3.63, 3.8) is 0 Å². The van der Waals surface area contributed by atoms with E-state index >= 15 is 0 Å². The van der Waals surface area contributed by atoms with E-state index < -0.39 is 0 Å². The first-order chi connectivity index (χ1) is 8.15. The van der Waals surface area contributed by atoms with Crippen LogP contribution in [-0.4, -0.2) is 0 Å². The van der Waals surface area contributed by atoms with E-state index in [0.29, 0.717) is 0 Å². The predicted octanol–water partition coefficient (Wildman–Crippen LogP) is 4.91. The number of benzene rings is 1. The molecule has 0 radical (unpaired) electrons. The largest absolute Gasteiger partial charge is 0.305 e. The minimum absolute atomic E-state index is 0.273. The van der Waals surface area contributed by atoms with E-state index in [1.54, 1.807) is 11.3 Å². The first-order valence-corrected chi connectivity index (χ1v) is 7.00. The molecule has 1 aromatic heterocycles. The monoisotopic (exact) mass is 285 g/mol. The quantitative estimate of drug-likeness (QED) is 0.842. The molecule has 1 N–H and O–H groups in total. The highest BCUT2D eigenvalue weighted by atomic mass is 35.5. The number of hydrogen-bond donors (Lipinski definition) is 1. The van der Waals surface area contributed by atoms with Crippen LogP contribution in [0.3, 0.4) is 0 Å². The van der Waals surface area contributed by atoms with Gasteiger partial charge in [0.05, 0.1) is 5.02 Å². The summed E-state index contributed by atoms with van der Waals surface area (Å²) in [6.07, 6.45) is 0. The molecular formula is C13H13Cl2NS. The maximum absolute atomic E-state index is 5.97. The highest BCUT2D eigenvalue weighted by molar-refractivity contribution is 7.10. The second kappa shape index (κ2) is 5.87. The molecule has 0 aliphatic carbocycles. The Balaban J connectivity index is 1.95. The minimum atomic E-state index is 0.273. The number of rotatable bonds is 4. The van der Waals surface area contributed by atoms with E-state index in [0.717, 1.165) is 16.6 Å². The van der Waals surface area contributed by atoms with Crippen molar-refractivity contribution in [1.82, 2.24) is 5.32 Å². The number of hydrogen-bond acceptors (Lipinski definition) is 2. The van der Waals surface area contributed by atoms with Crippen molar-refractivity contribution in [1.29, 1.82) is 0 Å². The first kappa shape index (κ1) is 12.9. The van der Waals surface area contributed by atoms with Gasteiger partial charge in [0.15, 0.2) is 0 Å². The zero-order chi connectivity index (χ0) is 12.3. The van der Waals surface area contributed by atoms with Crippen LogP contribution in [0.5, 0.6) is 0 Å². The Bertz CT molecular complexity index is 496. The lowest BCUT2D eigenvalue weighted by atomic mass is 10.1. The molecule has 0 saturated heterocycles. The molecule has 1 nitrogen and oxygen atoms in total. The van der Waals surface area contributed by atoms with Crippen LogP contribution in [0.4, 0.5) is 0 Å². The van der Waals surface area contributed by atoms with Crippen LogP contribution in [-0.2, 0) is 6.54 Å². The fourth-order valence-corrected chi connectivity index (χ4v) is 2.82. The molecular weight excluding hydrogens is 273 g/mol. The van der Waals surface area contributed by atoms with Gasteiger partial charge in [-0.2, -0.15) is 0 Å². The van der Waals surface area contributed by atoms with Crippen LogP contribution >= 0.6 is 34.5 Å². The van der Waals surface area contributed by atoms with Gasteiger partial charge in [0.1, 0.15) is 0 Å². The predicted molar refractivity (Wildman–Crippen MR) is 76.0 cm³/mol. The van der Waals surface area contributed by atoms with Gasteiger partial charge in [-0.25, -0.2) is 0 Å². The van der Waals surface area contributed by atoms with Crippen LogP contribution in [0, 0.1) is 0 Å². The highest BCUT2D eigenvalue weighted by Gasteiger charge is 2.06. The summed E-state index contributed by atoms with van der Waals surface area (Å²) in [5.74, 6) is 0. The highest BCUT2D eigenvalue weighted by Crippen LogP contribution is 2.21. The van der Waals surface area contributed by atoms with Crippen LogP contribution in [0.2, 0.25) is 10.0 Å². The lowest BCUT2D eigenvalue weighted by Gasteiger charge is -2.13. The third kappa shape index (κ3) is 3.71. The van der Waals surface area contributed by atoms with E-state index in [9.17, 15) is 0 Å². The summed E-state index contributed by atoms with van der Waals surface area (Å²) in [4.78, 5) is 1.24. The average molecular weight is 286 g/mol. The lowest BCUT2D eigenvalue weighted by Crippen LogP contribution is -2.17. The van der Waals surface area contributed by atoms with E-state index in [2.05, 4.69) is 18.3 Å². The smallest absolute Gasteiger partial charge is 0.0516 e. The molecule has 0 fully saturated rings. The Hall–Kier alpha value is -0.540. The molecule has 17 heavy (non-hydrogen) atoms. The zero-order valence-corrected chi connectivity index (χ0v) is 11.7. The molecule has 0 amide bonds. The average Bonchev–Trinajstić information content (AvgIpc) is 2.72. The molecule has 0 spiro atoms. The molecule has 1 atom stereocenters. The summed E-state index contributed by atoms with van der Waals surface area (Å²) in [7, 11) is 0. The van der Waals surface area contributed by atoms with Gasteiger partial charge in [0.2, 0.25) is 0 Å². The third-order valence-electron chi connectivity index (χ3n) is 2.55. The van der Waals surface area contributed by atoms with E-state index in [-0.39, 0.29) is 6.04 Å². The molecule has 90 valence electrons. The molecule has 0 unspecified atom stereocenters. The standard InChI is InChI=1S/C13H13Cl2NS/c1-9(10-3-2-4-11(14)5-10)16-7-13-6-12(15)8-17-13/h2-6,8-9,16H,7H2,1H3/t9-/m0/s1. The van der Waals surface area contributed by atoms with Crippen LogP contribution in [0.25, 0.3) is 0 Å². The van der Waals surface area contributed by atoms with Gasteiger partial charge >= 0.3 is 0 Å². The lowest BCUT2D eigenvalue weighted by molar-refractivity contribution is 0.579. The molecule has 4 heteroatoms. The van der Waals surface area contributed by atoms with Crippen molar-refractivity contribution in [2.75, 3.05) is 0 Å². The Kier molecular flexibility index (Phi) is 4.46. The van der Waals surface area contributed by atoms with Gasteiger partial charge in [0.25, 0.3) is 0 Å². The van der Waals surface area contributed by atoms with Crippen LogP contribution in [0.15, 0.2) is 35.7 Å². The fourth-order valence-electron chi connectivity index (χ4n) is 1.59. The van der Waals surface area contributed by atoms with Crippen molar-refractivity contribution in [2.45, 2.75) is 19.5 Å². The first-order valence-electron chi connectivity index (χ1n) is 5.37. The normalized spacial score (nSPS) is 12.6. The molecule has 1 heterocycles. The second-order valence-electron chi connectivity index (χ2n) is 3.89. The van der Waals surface area contributed by atoms with Gasteiger partial charge in [-0.1, -0.05) is 35.3 Å². The molecule has 2 aromatic rings. The fraction of sp³-hybridized carbons (Fsp3) is 0.231.